The Morgan fingerprint density at radius 1 is 1.02 bits per heavy atom. The number of aromatic amines is 1. The number of hydrogen-bond acceptors (Lipinski definition) is 4. The highest BCUT2D eigenvalue weighted by Gasteiger charge is 2.31. The third-order valence-corrected chi connectivity index (χ3v) is 6.15. The minimum atomic E-state index is -4.49. The van der Waals surface area contributed by atoms with E-state index in [-0.39, 0.29) is 22.4 Å². The third-order valence-electron chi connectivity index (χ3n) is 6.15. The number of benzene rings is 2. The number of nitrogens with one attached hydrogen (secondary N) is 2. The van der Waals surface area contributed by atoms with Crippen LogP contribution in [0.5, 0.6) is 5.88 Å². The molecule has 0 saturated carbocycles. The van der Waals surface area contributed by atoms with Gasteiger partial charge in [-0.05, 0) is 65.8 Å². The number of halogens is 4. The fourth-order valence-electron chi connectivity index (χ4n) is 4.25. The Bertz CT molecular complexity index is 1490. The molecule has 10 heteroatoms. The number of aromatic nitrogens is 3. The number of carbonyl (C=O) groups is 1. The van der Waals surface area contributed by atoms with E-state index < -0.39 is 18.5 Å². The average Bonchev–Trinajstić information content (AvgIpc) is 3.32. The Balaban J connectivity index is 1.64. The van der Waals surface area contributed by atoms with Crippen LogP contribution in [0.3, 0.4) is 0 Å². The number of unbranched alkanes of at least 4 members (excludes halogenated alkanes) is 2. The summed E-state index contributed by atoms with van der Waals surface area (Å²) in [4.78, 5) is 15.5. The van der Waals surface area contributed by atoms with Gasteiger partial charge in [0, 0.05) is 24.9 Å². The second-order valence-corrected chi connectivity index (χ2v) is 9.03. The van der Waals surface area contributed by atoms with Crippen molar-refractivity contribution in [3.8, 4) is 5.88 Å². The Morgan fingerprint density at radius 2 is 1.80 bits per heavy atom. The van der Waals surface area contributed by atoms with Crippen LogP contribution in [0, 0.1) is 5.95 Å². The summed E-state index contributed by atoms with van der Waals surface area (Å²) in [6.45, 7) is 0.391. The van der Waals surface area contributed by atoms with Gasteiger partial charge < -0.3 is 10.1 Å². The molecule has 1 amide bonds. The topological polar surface area (TPSA) is 79.9 Å². The monoisotopic (exact) mass is 552 g/mol. The zero-order valence-corrected chi connectivity index (χ0v) is 21.8. The molecule has 2 heterocycles. The minimum absolute atomic E-state index is 0.0385. The van der Waals surface area contributed by atoms with Crippen molar-refractivity contribution < 1.29 is 27.1 Å². The molecule has 208 valence electrons. The molecule has 2 aromatic heterocycles. The van der Waals surface area contributed by atoms with Gasteiger partial charge in [-0.15, -0.1) is 0 Å². The number of alkyl halides is 3. The van der Waals surface area contributed by atoms with Crippen molar-refractivity contribution in [3.05, 3.63) is 102 Å². The second-order valence-electron chi connectivity index (χ2n) is 9.03. The molecule has 0 spiro atoms. The predicted octanol–water partition coefficient (Wildman–Crippen LogP) is 6.86. The number of hydrogen-bond donors (Lipinski definition) is 2. The summed E-state index contributed by atoms with van der Waals surface area (Å²) in [6.07, 6.45) is 1.31. The Kier molecular flexibility index (Phi) is 9.31. The summed E-state index contributed by atoms with van der Waals surface area (Å²) in [5.41, 5.74) is 1.91. The van der Waals surface area contributed by atoms with Crippen LogP contribution in [0.4, 0.5) is 17.6 Å². The number of rotatable bonds is 11. The highest BCUT2D eigenvalue weighted by molar-refractivity contribution is 6.00. The number of allylic oxidation sites excluding steroid dienone is 2. The average molecular weight is 553 g/mol. The molecule has 40 heavy (non-hydrogen) atoms. The van der Waals surface area contributed by atoms with Crippen LogP contribution in [0.2, 0.25) is 0 Å². The van der Waals surface area contributed by atoms with Crippen LogP contribution in [0.25, 0.3) is 22.0 Å². The fraction of sp³-hybridized carbons (Fsp3) is 0.233. The maximum Gasteiger partial charge on any atom is 0.393 e. The van der Waals surface area contributed by atoms with Crippen LogP contribution in [0.1, 0.15) is 42.4 Å². The van der Waals surface area contributed by atoms with Crippen molar-refractivity contribution in [2.75, 3.05) is 13.7 Å². The van der Waals surface area contributed by atoms with Crippen LogP contribution in [-0.2, 0) is 4.79 Å². The molecule has 0 fully saturated rings. The van der Waals surface area contributed by atoms with E-state index in [1.165, 1.54) is 18.3 Å². The molecule has 0 radical (unpaired) electrons. The van der Waals surface area contributed by atoms with E-state index in [1.807, 2.05) is 0 Å². The van der Waals surface area contributed by atoms with Gasteiger partial charge in [-0.1, -0.05) is 42.5 Å². The van der Waals surface area contributed by atoms with Crippen LogP contribution in [0.15, 0.2) is 79.0 Å². The SMILES string of the molecule is CNC(=O)/C=C/CCCCOc1ccc(/C(=C(/CC(F)(F)F)c2ccccc2)c2ccc3n[nH]c(F)c3c2)cn1. The predicted molar refractivity (Wildman–Crippen MR) is 146 cm³/mol. The molecule has 0 aliphatic rings. The normalized spacial score (nSPS) is 12.5. The summed E-state index contributed by atoms with van der Waals surface area (Å²) in [7, 11) is 1.56. The van der Waals surface area contributed by atoms with Crippen LogP contribution in [-0.4, -0.2) is 40.9 Å². The van der Waals surface area contributed by atoms with Gasteiger partial charge in [-0.25, -0.2) is 4.98 Å². The molecule has 0 atom stereocenters. The number of fused-ring (bicyclic) bond motifs is 1. The summed E-state index contributed by atoms with van der Waals surface area (Å²) < 4.78 is 61.6. The van der Waals surface area contributed by atoms with E-state index in [1.54, 1.807) is 67.7 Å². The Morgan fingerprint density at radius 3 is 2.50 bits per heavy atom. The molecule has 2 aromatic carbocycles. The van der Waals surface area contributed by atoms with Crippen molar-refractivity contribution in [3.63, 3.8) is 0 Å². The lowest BCUT2D eigenvalue weighted by atomic mass is 9.88. The summed E-state index contributed by atoms with van der Waals surface area (Å²) in [5, 5.41) is 8.83. The van der Waals surface area contributed by atoms with E-state index in [2.05, 4.69) is 20.5 Å². The van der Waals surface area contributed by atoms with Gasteiger partial charge in [0.25, 0.3) is 0 Å². The van der Waals surface area contributed by atoms with Crippen molar-refractivity contribution in [1.82, 2.24) is 20.5 Å². The summed E-state index contributed by atoms with van der Waals surface area (Å²) >= 11 is 0. The number of nitrogens with zero attached hydrogens (tertiary/aromatic N) is 2. The number of likely N-dealkylation sites (N-methyl/N-ethyl adjacent to an activating group) is 1. The van der Waals surface area contributed by atoms with Crippen molar-refractivity contribution in [2.24, 2.45) is 0 Å². The summed E-state index contributed by atoms with van der Waals surface area (Å²) in [5.74, 6) is -0.494. The lowest BCUT2D eigenvalue weighted by Crippen LogP contribution is -2.13. The van der Waals surface area contributed by atoms with Gasteiger partial charge in [-0.3, -0.25) is 9.89 Å². The first-order valence-corrected chi connectivity index (χ1v) is 12.7. The standard InChI is InChI=1S/C30H28F4N4O2/c1-35-26(39)11-7-2-3-8-16-40-27-15-13-22(19-36-27)28(21-12-14-25-23(17-21)29(31)38-37-25)24(18-30(32,33)34)20-9-5-4-6-10-20/h4-7,9-15,17,19H,2-3,8,16,18H2,1H3,(H,35,39)(H,37,38)/b11-7+,28-24-. The maximum atomic E-state index is 14.3. The van der Waals surface area contributed by atoms with E-state index >= 15 is 0 Å². The van der Waals surface area contributed by atoms with E-state index in [0.29, 0.717) is 34.7 Å². The molecular formula is C30H28F4N4O2. The number of H-pyrrole nitrogens is 1. The van der Waals surface area contributed by atoms with Gasteiger partial charge in [-0.2, -0.15) is 22.7 Å². The quantitative estimate of drug-likeness (QED) is 0.0922. The second kappa shape index (κ2) is 13.1. The van der Waals surface area contributed by atoms with Gasteiger partial charge in [0.15, 0.2) is 0 Å². The van der Waals surface area contributed by atoms with Crippen LogP contribution >= 0.6 is 0 Å². The number of pyridine rings is 1. The Hall–Kier alpha value is -4.47. The zero-order valence-electron chi connectivity index (χ0n) is 21.8. The molecule has 4 rings (SSSR count). The lowest BCUT2D eigenvalue weighted by Gasteiger charge is -2.19. The van der Waals surface area contributed by atoms with E-state index in [4.69, 9.17) is 4.74 Å². The van der Waals surface area contributed by atoms with Crippen molar-refractivity contribution >= 4 is 28.0 Å². The smallest absolute Gasteiger partial charge is 0.393 e. The fourth-order valence-corrected chi connectivity index (χ4v) is 4.25. The number of ether oxygens (including phenoxy) is 1. The molecule has 2 N–H and O–H groups in total. The molecule has 4 aromatic rings. The largest absolute Gasteiger partial charge is 0.478 e. The lowest BCUT2D eigenvalue weighted by molar-refractivity contribution is -0.123. The van der Waals surface area contributed by atoms with E-state index in [9.17, 15) is 22.4 Å². The van der Waals surface area contributed by atoms with Gasteiger partial charge in [0.2, 0.25) is 17.7 Å². The van der Waals surface area contributed by atoms with Gasteiger partial charge in [0.05, 0.1) is 23.9 Å². The first-order chi connectivity index (χ1) is 19.2. The Labute approximate surface area is 228 Å². The van der Waals surface area contributed by atoms with Crippen LogP contribution < -0.4 is 10.1 Å². The molecule has 0 aliphatic carbocycles. The highest BCUT2D eigenvalue weighted by atomic mass is 19.4. The maximum absolute atomic E-state index is 14.3. The minimum Gasteiger partial charge on any atom is -0.478 e. The first-order valence-electron chi connectivity index (χ1n) is 12.7. The first kappa shape index (κ1) is 28.5. The molecule has 0 aliphatic heterocycles. The molecule has 0 saturated heterocycles. The highest BCUT2D eigenvalue weighted by Crippen LogP contribution is 2.40. The van der Waals surface area contributed by atoms with E-state index in [0.717, 1.165) is 19.3 Å². The zero-order chi connectivity index (χ0) is 28.5. The molecule has 0 unspecified atom stereocenters. The summed E-state index contributed by atoms with van der Waals surface area (Å²) in [6, 6.07) is 16.2. The molecule has 6 nitrogen and oxygen atoms in total. The molecule has 0 bridgehead atoms. The molecular weight excluding hydrogens is 524 g/mol. The number of amides is 1. The van der Waals surface area contributed by atoms with Crippen molar-refractivity contribution in [2.45, 2.75) is 31.9 Å². The number of carbonyl (C=O) groups excluding carboxylic acids is 1. The van der Waals surface area contributed by atoms with Crippen molar-refractivity contribution in [1.29, 1.82) is 0 Å². The third kappa shape index (κ3) is 7.56. The van der Waals surface area contributed by atoms with Gasteiger partial charge in [0.1, 0.15) is 0 Å². The van der Waals surface area contributed by atoms with Gasteiger partial charge >= 0.3 is 6.18 Å².